The molecule has 1 aliphatic heterocycles. The molecule has 11 nitrogen and oxygen atoms in total. The van der Waals surface area contributed by atoms with Crippen molar-refractivity contribution in [2.24, 2.45) is 16.6 Å². The molecule has 0 spiro atoms. The quantitative estimate of drug-likeness (QED) is 0.419. The topological polar surface area (TPSA) is 149 Å². The summed E-state index contributed by atoms with van der Waals surface area (Å²) < 4.78 is 61.2. The van der Waals surface area contributed by atoms with Gasteiger partial charge in [-0.05, 0) is 24.3 Å². The number of aromatic nitrogens is 2. The minimum Gasteiger partial charge on any atom is -0.378 e. The van der Waals surface area contributed by atoms with E-state index in [0.717, 1.165) is 17.8 Å². The Labute approximate surface area is 187 Å². The van der Waals surface area contributed by atoms with Crippen molar-refractivity contribution in [3.05, 3.63) is 29.1 Å². The number of sulfonamides is 2. The molecule has 16 heteroatoms. The van der Waals surface area contributed by atoms with E-state index in [9.17, 15) is 16.8 Å². The van der Waals surface area contributed by atoms with E-state index in [4.69, 9.17) is 22.1 Å². The zero-order chi connectivity index (χ0) is 21.9. The first-order chi connectivity index (χ1) is 14.1. The van der Waals surface area contributed by atoms with Crippen LogP contribution in [0.15, 0.2) is 37.9 Å². The Morgan fingerprint density at radius 3 is 2.47 bits per heavy atom. The lowest BCUT2D eigenvalue weighted by Crippen LogP contribution is -2.38. The average molecular weight is 511 g/mol. The maximum absolute atomic E-state index is 12.5. The Morgan fingerprint density at radius 1 is 1.27 bits per heavy atom. The molecule has 0 amide bonds. The number of aryl methyl sites for hydroxylation is 1. The van der Waals surface area contributed by atoms with Crippen LogP contribution < -0.4 is 14.7 Å². The molecule has 0 unspecified atom stereocenters. The highest BCUT2D eigenvalue weighted by molar-refractivity contribution is 8.23. The van der Waals surface area contributed by atoms with Crippen LogP contribution in [0.1, 0.15) is 0 Å². The Kier molecular flexibility index (Phi) is 7.16. The molecule has 1 fully saturated rings. The first-order valence-electron chi connectivity index (χ1n) is 8.34. The Balaban J connectivity index is 1.72. The Bertz CT molecular complexity index is 1200. The summed E-state index contributed by atoms with van der Waals surface area (Å²) >= 11 is 7.20. The van der Waals surface area contributed by atoms with Crippen LogP contribution in [0.25, 0.3) is 0 Å². The third-order valence-corrected chi connectivity index (χ3v) is 8.79. The van der Waals surface area contributed by atoms with Crippen LogP contribution in [0.3, 0.4) is 0 Å². The number of ether oxygens (including phenoxy) is 1. The molecule has 0 aliphatic carbocycles. The molecule has 1 saturated heterocycles. The smallest absolute Gasteiger partial charge is 0.285 e. The minimum atomic E-state index is -4.08. The van der Waals surface area contributed by atoms with E-state index < -0.39 is 24.4 Å². The lowest BCUT2D eigenvalue weighted by molar-refractivity contribution is 0.0702. The van der Waals surface area contributed by atoms with Crippen molar-refractivity contribution in [2.45, 2.75) is 9.24 Å². The number of thiocarbonyl (C=S) groups is 1. The van der Waals surface area contributed by atoms with Crippen LogP contribution in [0, 0.1) is 0 Å². The van der Waals surface area contributed by atoms with Crippen molar-refractivity contribution >= 4 is 65.6 Å². The number of hydrogen-bond donors (Lipinski definition) is 2. The van der Waals surface area contributed by atoms with Crippen LogP contribution >= 0.6 is 35.5 Å². The van der Waals surface area contributed by atoms with E-state index in [-0.39, 0.29) is 9.70 Å². The third kappa shape index (κ3) is 5.77. The van der Waals surface area contributed by atoms with Gasteiger partial charge >= 0.3 is 0 Å². The zero-order valence-corrected chi connectivity index (χ0v) is 19.7. The fraction of sp³-hybridized carbons (Fsp3) is 0.357. The van der Waals surface area contributed by atoms with Crippen molar-refractivity contribution in [1.29, 1.82) is 0 Å². The fourth-order valence-electron chi connectivity index (χ4n) is 2.29. The third-order valence-electron chi connectivity index (χ3n) is 3.81. The summed E-state index contributed by atoms with van der Waals surface area (Å²) in [6.45, 7) is 2.72. The van der Waals surface area contributed by atoms with E-state index in [0.29, 0.717) is 34.6 Å². The van der Waals surface area contributed by atoms with Gasteiger partial charge in [0.1, 0.15) is 0 Å². The van der Waals surface area contributed by atoms with Gasteiger partial charge in [-0.2, -0.15) is 8.42 Å². The molecule has 1 aromatic heterocycles. The predicted octanol–water partition coefficient (Wildman–Crippen LogP) is 0.0958. The summed E-state index contributed by atoms with van der Waals surface area (Å²) in [5.74, 6) is 0. The lowest BCUT2D eigenvalue weighted by Gasteiger charge is -2.28. The molecule has 0 saturated carbocycles. The SMILES string of the molecule is Cn1nc(S(N)(=O)=O)s/c1=N/S(=O)(=O)c1ccc(NSC(=S)N2CCOCC2)cc1. The molecular weight excluding hydrogens is 493 g/mol. The second-order valence-corrected chi connectivity index (χ2v) is 11.7. The highest BCUT2D eigenvalue weighted by atomic mass is 32.2. The van der Waals surface area contributed by atoms with Gasteiger partial charge in [0, 0.05) is 37.8 Å². The summed E-state index contributed by atoms with van der Waals surface area (Å²) in [6.07, 6.45) is 0. The molecule has 3 N–H and O–H groups in total. The molecule has 1 aromatic carbocycles. The lowest BCUT2D eigenvalue weighted by atomic mass is 10.3. The van der Waals surface area contributed by atoms with Crippen LogP contribution in [-0.4, -0.2) is 62.1 Å². The minimum absolute atomic E-state index is 0.0561. The van der Waals surface area contributed by atoms with Crippen molar-refractivity contribution in [3.63, 3.8) is 0 Å². The van der Waals surface area contributed by atoms with Gasteiger partial charge in [-0.1, -0.05) is 23.6 Å². The number of primary sulfonamides is 1. The van der Waals surface area contributed by atoms with Crippen molar-refractivity contribution in [1.82, 2.24) is 14.7 Å². The first kappa shape index (κ1) is 23.1. The summed E-state index contributed by atoms with van der Waals surface area (Å²) in [4.78, 5) is 1.85. The summed E-state index contributed by atoms with van der Waals surface area (Å²) in [6, 6.07) is 5.95. The molecule has 2 aromatic rings. The van der Waals surface area contributed by atoms with Gasteiger partial charge in [-0.15, -0.1) is 9.50 Å². The monoisotopic (exact) mass is 510 g/mol. The van der Waals surface area contributed by atoms with Gasteiger partial charge in [0.15, 0.2) is 4.32 Å². The van der Waals surface area contributed by atoms with E-state index in [2.05, 4.69) is 14.2 Å². The Morgan fingerprint density at radius 2 is 1.90 bits per heavy atom. The molecule has 2 heterocycles. The number of nitrogens with one attached hydrogen (secondary N) is 1. The number of rotatable bonds is 5. The van der Waals surface area contributed by atoms with E-state index >= 15 is 0 Å². The highest BCUT2D eigenvalue weighted by Crippen LogP contribution is 2.20. The molecule has 0 atom stereocenters. The number of benzene rings is 1. The number of nitrogens with two attached hydrogens (primary N) is 1. The van der Waals surface area contributed by atoms with Gasteiger partial charge in [0.05, 0.1) is 18.1 Å². The normalized spacial score (nSPS) is 15.9. The highest BCUT2D eigenvalue weighted by Gasteiger charge is 2.18. The van der Waals surface area contributed by atoms with E-state index in [1.54, 1.807) is 12.1 Å². The van der Waals surface area contributed by atoms with Crippen LogP contribution in [-0.2, 0) is 31.8 Å². The van der Waals surface area contributed by atoms with E-state index in [1.165, 1.54) is 31.1 Å². The number of anilines is 1. The van der Waals surface area contributed by atoms with Crippen LogP contribution in [0.5, 0.6) is 0 Å². The van der Waals surface area contributed by atoms with Gasteiger partial charge < -0.3 is 14.4 Å². The zero-order valence-electron chi connectivity index (χ0n) is 15.6. The maximum Gasteiger partial charge on any atom is 0.285 e. The standard InChI is InChI=1S/C14H18N6O5S5/c1-19-12(27-13(16-19)29(15,21)22)18-30(23,24)11-4-2-10(3-5-11)17-28-14(26)20-6-8-25-9-7-20/h2-5,17H,6-9H2,1H3,(H2,15,21,22)/b18-12+. The molecule has 0 bridgehead atoms. The van der Waals surface area contributed by atoms with Crippen LogP contribution in [0.2, 0.25) is 0 Å². The number of morpholine rings is 1. The van der Waals surface area contributed by atoms with Crippen molar-refractivity contribution in [2.75, 3.05) is 31.0 Å². The first-order valence-corrected chi connectivity index (χ1v) is 13.4. The molecule has 3 rings (SSSR count). The largest absolute Gasteiger partial charge is 0.378 e. The van der Waals surface area contributed by atoms with E-state index in [1.807, 2.05) is 4.90 Å². The molecule has 0 radical (unpaired) electrons. The maximum atomic E-state index is 12.5. The molecule has 1 aliphatic rings. The second-order valence-electron chi connectivity index (χ2n) is 5.98. The molecule has 164 valence electrons. The van der Waals surface area contributed by atoms with Gasteiger partial charge in [0.2, 0.25) is 9.14 Å². The Hall–Kier alpha value is -1.56. The number of hydrogen-bond acceptors (Lipinski definition) is 10. The summed E-state index contributed by atoms with van der Waals surface area (Å²) in [7, 11) is -6.75. The average Bonchev–Trinajstić information content (AvgIpc) is 3.07. The van der Waals surface area contributed by atoms with Gasteiger partial charge in [0.25, 0.3) is 20.0 Å². The predicted molar refractivity (Wildman–Crippen MR) is 118 cm³/mol. The van der Waals surface area contributed by atoms with Crippen molar-refractivity contribution < 1.29 is 21.6 Å². The van der Waals surface area contributed by atoms with Crippen molar-refractivity contribution in [3.8, 4) is 0 Å². The molecule has 30 heavy (non-hydrogen) atoms. The van der Waals surface area contributed by atoms with Gasteiger partial charge in [-0.3, -0.25) is 0 Å². The summed E-state index contributed by atoms with van der Waals surface area (Å²) in [5.41, 5.74) is 0.661. The summed E-state index contributed by atoms with van der Waals surface area (Å²) in [5, 5.41) is 8.70. The second kappa shape index (κ2) is 9.29. The van der Waals surface area contributed by atoms with Gasteiger partial charge in [-0.25, -0.2) is 18.2 Å². The number of nitrogens with zero attached hydrogens (tertiary/aromatic N) is 4. The fourth-order valence-corrected chi connectivity index (χ4v) is 6.02. The molecular formula is C14H18N6O5S5. The van der Waals surface area contributed by atoms with Crippen LogP contribution in [0.4, 0.5) is 5.69 Å².